The zero-order valence-corrected chi connectivity index (χ0v) is 16.0. The van der Waals surface area contributed by atoms with Crippen molar-refractivity contribution in [1.82, 2.24) is 0 Å². The largest absolute Gasteiger partial charge is 0.203 e. The second kappa shape index (κ2) is 8.79. The van der Waals surface area contributed by atoms with Gasteiger partial charge in [0.05, 0.1) is 5.56 Å². The van der Waals surface area contributed by atoms with Crippen molar-refractivity contribution in [2.75, 3.05) is 0 Å². The van der Waals surface area contributed by atoms with Crippen molar-refractivity contribution < 1.29 is 17.6 Å². The van der Waals surface area contributed by atoms with Crippen LogP contribution in [-0.4, -0.2) is 0 Å². The van der Waals surface area contributed by atoms with Gasteiger partial charge in [-0.25, -0.2) is 17.6 Å². The first-order chi connectivity index (χ1) is 14.0. The molecule has 0 nitrogen and oxygen atoms in total. The molecule has 4 heteroatoms. The Morgan fingerprint density at radius 1 is 0.759 bits per heavy atom. The Balaban J connectivity index is 1.86. The summed E-state index contributed by atoms with van der Waals surface area (Å²) in [6.45, 7) is 3.31. The highest BCUT2D eigenvalue weighted by Gasteiger charge is 2.14. The van der Waals surface area contributed by atoms with Crippen LogP contribution < -0.4 is 0 Å². The molecule has 0 N–H and O–H groups in total. The van der Waals surface area contributed by atoms with E-state index in [4.69, 9.17) is 0 Å². The van der Waals surface area contributed by atoms with Gasteiger partial charge in [0.15, 0.2) is 23.3 Å². The van der Waals surface area contributed by atoms with E-state index in [2.05, 4.69) is 11.8 Å². The molecule has 3 aromatic carbocycles. The molecule has 0 heterocycles. The van der Waals surface area contributed by atoms with Gasteiger partial charge in [-0.2, -0.15) is 0 Å². The van der Waals surface area contributed by atoms with Gasteiger partial charge in [-0.1, -0.05) is 61.4 Å². The summed E-state index contributed by atoms with van der Waals surface area (Å²) in [5.74, 6) is 1.41. The molecule has 29 heavy (non-hydrogen) atoms. The van der Waals surface area contributed by atoms with Crippen LogP contribution in [0.1, 0.15) is 36.1 Å². The predicted molar refractivity (Wildman–Crippen MR) is 109 cm³/mol. The molecule has 0 spiro atoms. The fraction of sp³-hybridized carbons (Fsp3) is 0.120. The zero-order valence-electron chi connectivity index (χ0n) is 16.0. The number of rotatable bonds is 4. The summed E-state index contributed by atoms with van der Waals surface area (Å²) in [5.41, 5.74) is 1.82. The van der Waals surface area contributed by atoms with Crippen LogP contribution in [0.2, 0.25) is 0 Å². The fourth-order valence-corrected chi connectivity index (χ4v) is 2.97. The average Bonchev–Trinajstić information content (AvgIpc) is 2.73. The van der Waals surface area contributed by atoms with E-state index in [0.717, 1.165) is 0 Å². The molecule has 3 aromatic rings. The van der Waals surface area contributed by atoms with E-state index in [1.54, 1.807) is 50.3 Å². The molecule has 3 rings (SSSR count). The van der Waals surface area contributed by atoms with Gasteiger partial charge in [-0.3, -0.25) is 0 Å². The van der Waals surface area contributed by atoms with E-state index >= 15 is 0 Å². The van der Waals surface area contributed by atoms with Gasteiger partial charge in [0.25, 0.3) is 0 Å². The summed E-state index contributed by atoms with van der Waals surface area (Å²) in [4.78, 5) is 0. The SMILES string of the molecule is CC#Cc1ccc(-c2ccc(C=Cc3ccc(CC)c(F)c3F)cc2)c(F)c1F. The summed E-state index contributed by atoms with van der Waals surface area (Å²) >= 11 is 0. The van der Waals surface area contributed by atoms with Gasteiger partial charge < -0.3 is 0 Å². The first kappa shape index (κ1) is 20.4. The molecular formula is C25H18F4. The van der Waals surface area contributed by atoms with Crippen molar-refractivity contribution in [2.45, 2.75) is 20.3 Å². The normalized spacial score (nSPS) is 10.8. The van der Waals surface area contributed by atoms with E-state index in [0.29, 0.717) is 23.1 Å². The third-order valence-corrected chi connectivity index (χ3v) is 4.59. The molecule has 0 saturated heterocycles. The molecular weight excluding hydrogens is 376 g/mol. The van der Waals surface area contributed by atoms with Crippen LogP contribution in [0.4, 0.5) is 17.6 Å². The summed E-state index contributed by atoms with van der Waals surface area (Å²) in [6, 6.07) is 12.7. The van der Waals surface area contributed by atoms with Crippen molar-refractivity contribution in [3.05, 3.63) is 94.1 Å². The highest BCUT2D eigenvalue weighted by Crippen LogP contribution is 2.27. The van der Waals surface area contributed by atoms with Crippen LogP contribution in [0.25, 0.3) is 23.3 Å². The smallest absolute Gasteiger partial charge is 0.175 e. The third kappa shape index (κ3) is 4.25. The lowest BCUT2D eigenvalue weighted by atomic mass is 10.0. The minimum atomic E-state index is -0.978. The molecule has 0 amide bonds. The molecule has 0 aromatic heterocycles. The fourth-order valence-electron chi connectivity index (χ4n) is 2.97. The maximum absolute atomic E-state index is 14.4. The number of aryl methyl sites for hydroxylation is 1. The minimum absolute atomic E-state index is 0.0108. The summed E-state index contributed by atoms with van der Waals surface area (Å²) < 4.78 is 56.4. The van der Waals surface area contributed by atoms with Crippen molar-refractivity contribution in [3.63, 3.8) is 0 Å². The molecule has 0 aliphatic carbocycles. The van der Waals surface area contributed by atoms with Crippen LogP contribution in [0, 0.1) is 35.1 Å². The van der Waals surface area contributed by atoms with Crippen molar-refractivity contribution in [1.29, 1.82) is 0 Å². The molecule has 0 fully saturated rings. The van der Waals surface area contributed by atoms with Gasteiger partial charge >= 0.3 is 0 Å². The van der Waals surface area contributed by atoms with E-state index in [-0.39, 0.29) is 16.7 Å². The van der Waals surface area contributed by atoms with Crippen molar-refractivity contribution in [2.24, 2.45) is 0 Å². The molecule has 0 bridgehead atoms. The van der Waals surface area contributed by atoms with Gasteiger partial charge in [0.2, 0.25) is 0 Å². The predicted octanol–water partition coefficient (Wildman–Crippen LogP) is 7.01. The first-order valence-corrected chi connectivity index (χ1v) is 9.12. The summed E-state index contributed by atoms with van der Waals surface area (Å²) in [5, 5.41) is 0. The Kier molecular flexibility index (Phi) is 6.19. The molecule has 0 atom stereocenters. The Labute approximate surface area is 167 Å². The van der Waals surface area contributed by atoms with Crippen LogP contribution in [0.15, 0.2) is 48.5 Å². The monoisotopic (exact) mass is 394 g/mol. The highest BCUT2D eigenvalue weighted by molar-refractivity contribution is 5.73. The van der Waals surface area contributed by atoms with Crippen LogP contribution in [-0.2, 0) is 6.42 Å². The Bertz CT molecular complexity index is 1130. The first-order valence-electron chi connectivity index (χ1n) is 9.12. The highest BCUT2D eigenvalue weighted by atomic mass is 19.2. The van der Waals surface area contributed by atoms with Crippen molar-refractivity contribution >= 4 is 12.2 Å². The minimum Gasteiger partial charge on any atom is -0.203 e. The second-order valence-corrected chi connectivity index (χ2v) is 6.41. The van der Waals surface area contributed by atoms with Crippen molar-refractivity contribution in [3.8, 4) is 23.0 Å². The molecule has 146 valence electrons. The van der Waals surface area contributed by atoms with Gasteiger partial charge in [-0.05, 0) is 42.2 Å². The summed E-state index contributed by atoms with van der Waals surface area (Å²) in [7, 11) is 0. The number of halogens is 4. The molecule has 0 aliphatic heterocycles. The maximum Gasteiger partial charge on any atom is 0.175 e. The number of benzene rings is 3. The number of hydrogen-bond donors (Lipinski definition) is 0. The van der Waals surface area contributed by atoms with E-state index < -0.39 is 23.3 Å². The third-order valence-electron chi connectivity index (χ3n) is 4.59. The van der Waals surface area contributed by atoms with Gasteiger partial charge in [-0.15, -0.1) is 5.92 Å². The molecule has 0 radical (unpaired) electrons. The maximum atomic E-state index is 14.4. The van der Waals surface area contributed by atoms with Crippen LogP contribution in [0.5, 0.6) is 0 Å². The quantitative estimate of drug-likeness (QED) is 0.254. The lowest BCUT2D eigenvalue weighted by Gasteiger charge is -2.07. The van der Waals surface area contributed by atoms with Crippen LogP contribution in [0.3, 0.4) is 0 Å². The molecule has 0 unspecified atom stereocenters. The standard InChI is InChI=1S/C25H18F4/c1-3-5-19-14-15-21(25(29)24(19)28)18-9-6-16(7-10-18)8-11-20-13-12-17(4-2)22(26)23(20)27/h6-15H,4H2,1-2H3. The Morgan fingerprint density at radius 3 is 2.14 bits per heavy atom. The Morgan fingerprint density at radius 2 is 1.48 bits per heavy atom. The zero-order chi connectivity index (χ0) is 21.0. The van der Waals surface area contributed by atoms with Gasteiger partial charge in [0, 0.05) is 11.1 Å². The second-order valence-electron chi connectivity index (χ2n) is 6.41. The Hall–Kier alpha value is -3.32. The van der Waals surface area contributed by atoms with E-state index in [1.165, 1.54) is 24.3 Å². The van der Waals surface area contributed by atoms with E-state index in [1.807, 2.05) is 0 Å². The van der Waals surface area contributed by atoms with E-state index in [9.17, 15) is 17.6 Å². The van der Waals surface area contributed by atoms with Crippen LogP contribution >= 0.6 is 0 Å². The number of hydrogen-bond acceptors (Lipinski definition) is 0. The topological polar surface area (TPSA) is 0 Å². The average molecular weight is 394 g/mol. The lowest BCUT2D eigenvalue weighted by Crippen LogP contribution is -1.95. The summed E-state index contributed by atoms with van der Waals surface area (Å²) in [6.07, 6.45) is 3.52. The van der Waals surface area contributed by atoms with Gasteiger partial charge in [0.1, 0.15) is 0 Å². The molecule has 0 aliphatic rings. The molecule has 0 saturated carbocycles. The lowest BCUT2D eigenvalue weighted by molar-refractivity contribution is 0.498.